The fraction of sp³-hybridized carbons (Fsp3) is 0.394. The fourth-order valence-corrected chi connectivity index (χ4v) is 6.73. The number of alkyl halides is 1. The largest absolute Gasteiger partial charge is 0.465 e. The summed E-state index contributed by atoms with van der Waals surface area (Å²) in [5, 5.41) is 14.8. The number of carbonyl (C=O) groups excluding carboxylic acids is 2. The van der Waals surface area contributed by atoms with Gasteiger partial charge in [-0.15, -0.1) is 0 Å². The number of nitrogens with zero attached hydrogens (tertiary/aromatic N) is 2. The monoisotopic (exact) mass is 586 g/mol. The Kier molecular flexibility index (Phi) is 8.01. The van der Waals surface area contributed by atoms with Crippen molar-refractivity contribution in [3.63, 3.8) is 0 Å². The molecule has 3 aliphatic rings. The van der Waals surface area contributed by atoms with Gasteiger partial charge in [-0.3, -0.25) is 9.78 Å². The number of pyridine rings is 1. The van der Waals surface area contributed by atoms with E-state index in [0.29, 0.717) is 36.5 Å². The Morgan fingerprint density at radius 2 is 1.74 bits per heavy atom. The van der Waals surface area contributed by atoms with Crippen LogP contribution in [0.4, 0.5) is 19.7 Å². The molecular weight excluding hydrogens is 551 g/mol. The van der Waals surface area contributed by atoms with Crippen molar-refractivity contribution in [2.24, 2.45) is 5.92 Å². The average Bonchev–Trinajstić information content (AvgIpc) is 3.42. The van der Waals surface area contributed by atoms with E-state index < -0.39 is 17.8 Å². The summed E-state index contributed by atoms with van der Waals surface area (Å²) in [7, 11) is 0. The van der Waals surface area contributed by atoms with Crippen molar-refractivity contribution in [2.45, 2.75) is 62.7 Å². The highest BCUT2D eigenvalue weighted by Crippen LogP contribution is 2.44. The first kappa shape index (κ1) is 28.6. The van der Waals surface area contributed by atoms with Gasteiger partial charge in [0.25, 0.3) is 0 Å². The van der Waals surface area contributed by atoms with E-state index in [4.69, 9.17) is 9.72 Å². The maximum Gasteiger partial charge on any atom is 0.410 e. The third kappa shape index (κ3) is 6.18. The number of nitrogens with one attached hydrogen (secondary N) is 2. The molecule has 2 heterocycles. The van der Waals surface area contributed by atoms with Crippen LogP contribution in [-0.2, 0) is 15.1 Å². The maximum atomic E-state index is 13.8. The second-order valence-corrected chi connectivity index (χ2v) is 11.8. The van der Waals surface area contributed by atoms with Gasteiger partial charge < -0.3 is 25.4 Å². The fourth-order valence-electron chi connectivity index (χ4n) is 6.73. The van der Waals surface area contributed by atoms with E-state index >= 15 is 0 Å². The SMILES string of the molecule is O=C(O)NC1(c2ccc(-c3ncc(NC(=O)CC4CCC(N5CCOC5=O)CC4)cc3-c3ccccc3)cc2)CC(F)C1. The number of carbonyl (C=O) groups is 3. The van der Waals surface area contributed by atoms with Crippen LogP contribution in [0.1, 0.15) is 50.5 Å². The molecule has 1 aromatic heterocycles. The van der Waals surface area contributed by atoms with Crippen LogP contribution in [0.2, 0.25) is 0 Å². The van der Waals surface area contributed by atoms with Crippen LogP contribution in [0.15, 0.2) is 66.9 Å². The van der Waals surface area contributed by atoms with Gasteiger partial charge in [0.2, 0.25) is 5.91 Å². The van der Waals surface area contributed by atoms with Crippen molar-refractivity contribution in [1.82, 2.24) is 15.2 Å². The lowest BCUT2D eigenvalue weighted by atomic mass is 9.70. The Morgan fingerprint density at radius 1 is 1.02 bits per heavy atom. The van der Waals surface area contributed by atoms with E-state index in [2.05, 4.69) is 10.6 Å². The van der Waals surface area contributed by atoms with Crippen molar-refractivity contribution in [2.75, 3.05) is 18.5 Å². The van der Waals surface area contributed by atoms with E-state index in [9.17, 15) is 23.9 Å². The van der Waals surface area contributed by atoms with Gasteiger partial charge in [0, 0.05) is 36.4 Å². The molecule has 0 atom stereocenters. The normalized spacial score (nSPS) is 25.0. The summed E-state index contributed by atoms with van der Waals surface area (Å²) >= 11 is 0. The van der Waals surface area contributed by atoms with E-state index in [1.807, 2.05) is 65.6 Å². The Hall–Kier alpha value is -4.47. The highest BCUT2D eigenvalue weighted by Gasteiger charge is 2.47. The predicted molar refractivity (Wildman–Crippen MR) is 159 cm³/mol. The van der Waals surface area contributed by atoms with Crippen LogP contribution >= 0.6 is 0 Å². The minimum atomic E-state index is -1.18. The third-order valence-corrected chi connectivity index (χ3v) is 8.98. The van der Waals surface area contributed by atoms with E-state index in [1.165, 1.54) is 0 Å². The number of amides is 3. The number of hydrogen-bond acceptors (Lipinski definition) is 5. The van der Waals surface area contributed by atoms with Crippen molar-refractivity contribution in [1.29, 1.82) is 0 Å². The molecule has 224 valence electrons. The first-order chi connectivity index (χ1) is 20.8. The molecule has 1 aliphatic heterocycles. The number of carboxylic acid groups (broad SMARTS) is 1. The average molecular weight is 587 g/mol. The van der Waals surface area contributed by atoms with E-state index in [0.717, 1.165) is 42.4 Å². The Bertz CT molecular complexity index is 1480. The lowest BCUT2D eigenvalue weighted by molar-refractivity contribution is -0.117. The number of ether oxygens (including phenoxy) is 1. The third-order valence-electron chi connectivity index (χ3n) is 8.98. The molecule has 0 bridgehead atoms. The summed E-state index contributed by atoms with van der Waals surface area (Å²) in [5.41, 5.74) is 3.71. The number of benzene rings is 2. The van der Waals surface area contributed by atoms with Crippen LogP contribution in [0.5, 0.6) is 0 Å². The Labute approximate surface area is 249 Å². The van der Waals surface area contributed by atoms with Gasteiger partial charge in [0.05, 0.1) is 29.7 Å². The zero-order valence-corrected chi connectivity index (χ0v) is 23.8. The molecule has 2 aliphatic carbocycles. The molecular formula is C33H35FN4O5. The first-order valence-electron chi connectivity index (χ1n) is 14.8. The second-order valence-electron chi connectivity index (χ2n) is 11.8. The minimum absolute atomic E-state index is 0.0650. The molecule has 10 heteroatoms. The number of anilines is 1. The topological polar surface area (TPSA) is 121 Å². The molecule has 9 nitrogen and oxygen atoms in total. The standard InChI is InChI=1S/C33H35FN4O5/c34-25-18-33(19-25,37-31(40)41)24-10-8-23(9-11-24)30-28(22-4-2-1-3-5-22)17-26(20-35-30)36-29(39)16-21-6-12-27(13-7-21)38-14-15-43-32(38)42/h1-5,8-11,17,20-21,25,27,37H,6-7,12-16,18-19H2,(H,36,39)(H,40,41). The first-order valence-corrected chi connectivity index (χ1v) is 14.8. The van der Waals surface area contributed by atoms with Gasteiger partial charge in [-0.05, 0) is 48.8 Å². The van der Waals surface area contributed by atoms with Gasteiger partial charge in [-0.25, -0.2) is 14.0 Å². The molecule has 0 unspecified atom stereocenters. The highest BCUT2D eigenvalue weighted by atomic mass is 19.1. The molecule has 2 aromatic carbocycles. The summed E-state index contributed by atoms with van der Waals surface area (Å²) < 4.78 is 18.9. The van der Waals surface area contributed by atoms with E-state index in [1.54, 1.807) is 6.20 Å². The van der Waals surface area contributed by atoms with Gasteiger partial charge in [0.1, 0.15) is 12.8 Å². The molecule has 6 rings (SSSR count). The molecule has 1 saturated heterocycles. The van der Waals surface area contributed by atoms with Crippen molar-refractivity contribution < 1.29 is 28.6 Å². The summed E-state index contributed by atoms with van der Waals surface area (Å²) in [4.78, 5) is 42.9. The summed E-state index contributed by atoms with van der Waals surface area (Å²) in [5.74, 6) is 0.196. The molecule has 3 aromatic rings. The quantitative estimate of drug-likeness (QED) is 0.283. The van der Waals surface area contributed by atoms with Crippen molar-refractivity contribution >= 4 is 23.8 Å². The Balaban J connectivity index is 1.16. The van der Waals surface area contributed by atoms with Gasteiger partial charge in [-0.1, -0.05) is 54.6 Å². The lowest BCUT2D eigenvalue weighted by Gasteiger charge is -2.44. The molecule has 3 amide bonds. The smallest absolute Gasteiger partial charge is 0.410 e. The van der Waals surface area contributed by atoms with Gasteiger partial charge >= 0.3 is 12.2 Å². The minimum Gasteiger partial charge on any atom is -0.465 e. The van der Waals surface area contributed by atoms with Gasteiger partial charge in [-0.2, -0.15) is 0 Å². The highest BCUT2D eigenvalue weighted by molar-refractivity contribution is 5.93. The molecule has 0 spiro atoms. The molecule has 3 fully saturated rings. The maximum absolute atomic E-state index is 13.8. The summed E-state index contributed by atoms with van der Waals surface area (Å²) in [6, 6.07) is 19.3. The van der Waals surface area contributed by atoms with Gasteiger partial charge in [0.15, 0.2) is 0 Å². The zero-order chi connectivity index (χ0) is 30.0. The van der Waals surface area contributed by atoms with Crippen LogP contribution < -0.4 is 10.6 Å². The van der Waals surface area contributed by atoms with Crippen molar-refractivity contribution in [3.8, 4) is 22.4 Å². The van der Waals surface area contributed by atoms with Crippen LogP contribution in [0.3, 0.4) is 0 Å². The summed E-state index contributed by atoms with van der Waals surface area (Å²) in [6.45, 7) is 1.10. The predicted octanol–water partition coefficient (Wildman–Crippen LogP) is 6.35. The van der Waals surface area contributed by atoms with Crippen LogP contribution in [0.25, 0.3) is 22.4 Å². The molecule has 3 N–H and O–H groups in total. The van der Waals surface area contributed by atoms with Crippen LogP contribution in [-0.4, -0.2) is 58.4 Å². The number of rotatable bonds is 8. The summed E-state index contributed by atoms with van der Waals surface area (Å²) in [6.07, 6.45) is 3.36. The molecule has 43 heavy (non-hydrogen) atoms. The van der Waals surface area contributed by atoms with E-state index in [-0.39, 0.29) is 36.8 Å². The van der Waals surface area contributed by atoms with Crippen LogP contribution in [0, 0.1) is 5.92 Å². The number of aromatic nitrogens is 1. The second kappa shape index (κ2) is 12.0. The van der Waals surface area contributed by atoms with Crippen molar-refractivity contribution in [3.05, 3.63) is 72.4 Å². The molecule has 0 radical (unpaired) electrons. The number of hydrogen-bond donors (Lipinski definition) is 3. The zero-order valence-electron chi connectivity index (χ0n) is 23.8. The number of cyclic esters (lactones) is 1. The number of halogens is 1. The Morgan fingerprint density at radius 3 is 2.37 bits per heavy atom. The lowest BCUT2D eigenvalue weighted by Crippen LogP contribution is -2.55. The molecule has 2 saturated carbocycles.